The molecule has 0 spiro atoms. The van der Waals surface area contributed by atoms with E-state index >= 15 is 0 Å². The van der Waals surface area contributed by atoms with Crippen LogP contribution in [0.25, 0.3) is 11.1 Å². The number of esters is 1. The highest BCUT2D eigenvalue weighted by Crippen LogP contribution is 2.33. The SMILES string of the molecule is O=C(Oc1ccc(C(=O)c2ccccc2)c(O)c1)c1ccc(-c2ccc(C3CCCCC3)cc2)cc1. The van der Waals surface area contributed by atoms with Crippen LogP contribution in [-0.4, -0.2) is 16.9 Å². The molecule has 4 aromatic carbocycles. The molecule has 0 unspecified atom stereocenters. The molecule has 4 heteroatoms. The Kier molecular flexibility index (Phi) is 6.94. The highest BCUT2D eigenvalue weighted by atomic mass is 16.5. The Hall–Kier alpha value is -4.18. The number of carbonyl (C=O) groups is 2. The first-order valence-corrected chi connectivity index (χ1v) is 12.4. The molecular formula is C32H28O4. The molecule has 0 aliphatic heterocycles. The summed E-state index contributed by atoms with van der Waals surface area (Å²) in [5.41, 5.74) is 4.59. The molecule has 180 valence electrons. The molecule has 1 aliphatic carbocycles. The maximum Gasteiger partial charge on any atom is 0.343 e. The number of benzene rings is 4. The van der Waals surface area contributed by atoms with Crippen LogP contribution in [-0.2, 0) is 0 Å². The van der Waals surface area contributed by atoms with Crippen molar-refractivity contribution in [3.63, 3.8) is 0 Å². The summed E-state index contributed by atoms with van der Waals surface area (Å²) in [5.74, 6) is -0.218. The molecule has 0 heterocycles. The lowest BCUT2D eigenvalue weighted by Gasteiger charge is -2.22. The van der Waals surface area contributed by atoms with E-state index in [0.717, 1.165) is 11.1 Å². The number of ether oxygens (including phenoxy) is 1. The van der Waals surface area contributed by atoms with Gasteiger partial charge in [-0.2, -0.15) is 0 Å². The maximum atomic E-state index is 12.7. The average Bonchev–Trinajstić information content (AvgIpc) is 2.94. The minimum absolute atomic E-state index is 0.153. The highest BCUT2D eigenvalue weighted by molar-refractivity contribution is 6.10. The van der Waals surface area contributed by atoms with Gasteiger partial charge in [-0.1, -0.05) is 86.0 Å². The summed E-state index contributed by atoms with van der Waals surface area (Å²) in [5, 5.41) is 10.4. The monoisotopic (exact) mass is 476 g/mol. The minimum atomic E-state index is -0.532. The van der Waals surface area contributed by atoms with Crippen molar-refractivity contribution in [3.05, 3.63) is 119 Å². The van der Waals surface area contributed by atoms with Crippen molar-refractivity contribution >= 4 is 11.8 Å². The predicted octanol–water partition coefficient (Wildman–Crippen LogP) is 7.56. The van der Waals surface area contributed by atoms with Gasteiger partial charge in [0, 0.05) is 11.6 Å². The molecule has 5 rings (SSSR count). The van der Waals surface area contributed by atoms with Crippen LogP contribution in [0.4, 0.5) is 0 Å². The lowest BCUT2D eigenvalue weighted by atomic mass is 9.84. The Balaban J connectivity index is 1.24. The van der Waals surface area contributed by atoms with E-state index in [0.29, 0.717) is 17.0 Å². The number of hydrogen-bond acceptors (Lipinski definition) is 4. The predicted molar refractivity (Wildman–Crippen MR) is 141 cm³/mol. The Morgan fingerprint density at radius 3 is 1.97 bits per heavy atom. The van der Waals surface area contributed by atoms with Crippen LogP contribution in [0.5, 0.6) is 11.5 Å². The summed E-state index contributed by atoms with van der Waals surface area (Å²) in [7, 11) is 0. The van der Waals surface area contributed by atoms with Crippen molar-refractivity contribution in [2.45, 2.75) is 38.0 Å². The summed E-state index contributed by atoms with van der Waals surface area (Å²) in [6.07, 6.45) is 6.54. The third kappa shape index (κ3) is 5.23. The van der Waals surface area contributed by atoms with E-state index in [1.807, 2.05) is 18.2 Å². The lowest BCUT2D eigenvalue weighted by Crippen LogP contribution is -2.09. The van der Waals surface area contributed by atoms with Crippen LogP contribution in [0, 0.1) is 0 Å². The van der Waals surface area contributed by atoms with E-state index in [1.54, 1.807) is 36.4 Å². The molecular weight excluding hydrogens is 448 g/mol. The number of ketones is 1. The van der Waals surface area contributed by atoms with Crippen LogP contribution in [0.2, 0.25) is 0 Å². The zero-order chi connectivity index (χ0) is 24.9. The molecule has 1 saturated carbocycles. The highest BCUT2D eigenvalue weighted by Gasteiger charge is 2.17. The van der Waals surface area contributed by atoms with Gasteiger partial charge < -0.3 is 9.84 Å². The van der Waals surface area contributed by atoms with Gasteiger partial charge in [-0.15, -0.1) is 0 Å². The first-order chi connectivity index (χ1) is 17.6. The maximum absolute atomic E-state index is 12.7. The first kappa shape index (κ1) is 23.6. The van der Waals surface area contributed by atoms with E-state index in [1.165, 1.54) is 55.9 Å². The van der Waals surface area contributed by atoms with Gasteiger partial charge in [0.25, 0.3) is 0 Å². The fraction of sp³-hybridized carbons (Fsp3) is 0.188. The first-order valence-electron chi connectivity index (χ1n) is 12.4. The third-order valence-electron chi connectivity index (χ3n) is 6.90. The van der Waals surface area contributed by atoms with Crippen molar-refractivity contribution in [1.82, 2.24) is 0 Å². The second-order valence-electron chi connectivity index (χ2n) is 9.30. The van der Waals surface area contributed by atoms with Gasteiger partial charge in [0.15, 0.2) is 5.78 Å². The van der Waals surface area contributed by atoms with Gasteiger partial charge in [0.05, 0.1) is 11.1 Å². The Morgan fingerprint density at radius 2 is 1.33 bits per heavy atom. The molecule has 0 amide bonds. The number of phenols is 1. The number of hydrogen-bond donors (Lipinski definition) is 1. The third-order valence-corrected chi connectivity index (χ3v) is 6.90. The number of aromatic hydroxyl groups is 1. The van der Waals surface area contributed by atoms with Gasteiger partial charge in [0.2, 0.25) is 0 Å². The second-order valence-corrected chi connectivity index (χ2v) is 9.30. The van der Waals surface area contributed by atoms with Crippen LogP contribution in [0.15, 0.2) is 97.1 Å². The largest absolute Gasteiger partial charge is 0.507 e. The molecule has 1 fully saturated rings. The van der Waals surface area contributed by atoms with Crippen LogP contribution in [0.3, 0.4) is 0 Å². The topological polar surface area (TPSA) is 63.6 Å². The zero-order valence-electron chi connectivity index (χ0n) is 20.0. The van der Waals surface area contributed by atoms with Crippen molar-refractivity contribution in [2.75, 3.05) is 0 Å². The molecule has 0 radical (unpaired) electrons. The van der Waals surface area contributed by atoms with Gasteiger partial charge in [0.1, 0.15) is 11.5 Å². The van der Waals surface area contributed by atoms with Crippen molar-refractivity contribution in [3.8, 4) is 22.6 Å². The fourth-order valence-electron chi connectivity index (χ4n) is 4.86. The van der Waals surface area contributed by atoms with E-state index in [9.17, 15) is 14.7 Å². The molecule has 0 bridgehead atoms. The Bertz CT molecular complexity index is 1350. The van der Waals surface area contributed by atoms with Crippen molar-refractivity contribution in [2.24, 2.45) is 0 Å². The second kappa shape index (κ2) is 10.6. The van der Waals surface area contributed by atoms with Crippen molar-refractivity contribution in [1.29, 1.82) is 0 Å². The quantitative estimate of drug-likeness (QED) is 0.177. The normalized spacial score (nSPS) is 13.8. The number of carbonyl (C=O) groups excluding carboxylic acids is 2. The molecule has 1 N–H and O–H groups in total. The number of phenolic OH excluding ortho intramolecular Hbond substituents is 1. The van der Waals surface area contributed by atoms with Gasteiger partial charge in [-0.3, -0.25) is 4.79 Å². The Morgan fingerprint density at radius 1 is 0.694 bits per heavy atom. The summed E-state index contributed by atoms with van der Waals surface area (Å²) in [6.45, 7) is 0. The summed E-state index contributed by atoms with van der Waals surface area (Å²) in [4.78, 5) is 25.3. The molecule has 36 heavy (non-hydrogen) atoms. The van der Waals surface area contributed by atoms with Gasteiger partial charge in [-0.05, 0) is 59.7 Å². The van der Waals surface area contributed by atoms with Gasteiger partial charge >= 0.3 is 5.97 Å². The lowest BCUT2D eigenvalue weighted by molar-refractivity contribution is 0.0734. The van der Waals surface area contributed by atoms with Crippen LogP contribution >= 0.6 is 0 Å². The summed E-state index contributed by atoms with van der Waals surface area (Å²) < 4.78 is 5.44. The van der Waals surface area contributed by atoms with Crippen LogP contribution < -0.4 is 4.74 Å². The van der Waals surface area contributed by atoms with E-state index < -0.39 is 5.97 Å². The number of rotatable bonds is 6. The molecule has 1 aliphatic rings. The van der Waals surface area contributed by atoms with Crippen LogP contribution in [0.1, 0.15) is 69.9 Å². The summed E-state index contributed by atoms with van der Waals surface area (Å²) >= 11 is 0. The molecule has 0 atom stereocenters. The Labute approximate surface area is 211 Å². The molecule has 0 saturated heterocycles. The van der Waals surface area contributed by atoms with E-state index in [2.05, 4.69) is 24.3 Å². The smallest absolute Gasteiger partial charge is 0.343 e. The van der Waals surface area contributed by atoms with Gasteiger partial charge in [-0.25, -0.2) is 4.79 Å². The minimum Gasteiger partial charge on any atom is -0.507 e. The van der Waals surface area contributed by atoms with Crippen molar-refractivity contribution < 1.29 is 19.4 Å². The zero-order valence-corrected chi connectivity index (χ0v) is 20.0. The van der Waals surface area contributed by atoms with E-state index in [4.69, 9.17) is 4.74 Å². The summed E-state index contributed by atoms with van der Waals surface area (Å²) in [6, 6.07) is 29.0. The standard InChI is InChI=1S/C32H28O4/c33-30-21-28(19-20-29(30)31(34)26-9-5-2-6-10-26)36-32(35)27-17-15-25(16-18-27)24-13-11-23(12-14-24)22-7-3-1-4-8-22/h2,5-6,9-22,33H,1,3-4,7-8H2. The molecule has 4 aromatic rings. The molecule has 4 nitrogen and oxygen atoms in total. The average molecular weight is 477 g/mol. The molecule has 0 aromatic heterocycles. The van der Waals surface area contributed by atoms with E-state index in [-0.39, 0.29) is 22.8 Å². The fourth-order valence-corrected chi connectivity index (χ4v) is 4.86.